The topological polar surface area (TPSA) is 71.3 Å². The average molecular weight is 393 g/mol. The zero-order valence-electron chi connectivity index (χ0n) is 13.9. The minimum absolute atomic E-state index is 0.212. The highest BCUT2D eigenvalue weighted by atomic mass is 35.5. The highest BCUT2D eigenvalue weighted by Crippen LogP contribution is 2.48. The SMILES string of the molecule is CC1(C)O[C@@H]2[C@H](COC(F)(F)F)C[C@@H](n3cnc4c(Cl)ncnc43)[C@@H]2O1. The Labute approximate surface area is 151 Å². The normalized spacial score (nSPS) is 30.8. The van der Waals surface area contributed by atoms with E-state index in [2.05, 4.69) is 19.7 Å². The number of ether oxygens (including phenoxy) is 3. The van der Waals surface area contributed by atoms with E-state index in [4.69, 9.17) is 21.1 Å². The summed E-state index contributed by atoms with van der Waals surface area (Å²) < 4.78 is 55.1. The van der Waals surface area contributed by atoms with Gasteiger partial charge in [0.2, 0.25) is 0 Å². The zero-order valence-corrected chi connectivity index (χ0v) is 14.7. The molecular weight excluding hydrogens is 377 g/mol. The maximum absolute atomic E-state index is 12.5. The van der Waals surface area contributed by atoms with Gasteiger partial charge >= 0.3 is 6.36 Å². The molecule has 7 nitrogen and oxygen atoms in total. The van der Waals surface area contributed by atoms with Crippen molar-refractivity contribution in [3.8, 4) is 0 Å². The fraction of sp³-hybridized carbons (Fsp3) is 0.667. The minimum Gasteiger partial charge on any atom is -0.344 e. The summed E-state index contributed by atoms with van der Waals surface area (Å²) >= 11 is 6.03. The van der Waals surface area contributed by atoms with Crippen LogP contribution in [0.2, 0.25) is 5.15 Å². The Hall–Kier alpha value is -1.49. The second-order valence-electron chi connectivity index (χ2n) is 6.87. The monoisotopic (exact) mass is 392 g/mol. The molecule has 2 aromatic heterocycles. The maximum atomic E-state index is 12.5. The first-order valence-electron chi connectivity index (χ1n) is 8.04. The van der Waals surface area contributed by atoms with Crippen LogP contribution < -0.4 is 0 Å². The molecule has 0 unspecified atom stereocenters. The third kappa shape index (κ3) is 3.15. The number of alkyl halides is 3. The van der Waals surface area contributed by atoms with Gasteiger partial charge in [0.25, 0.3) is 0 Å². The fourth-order valence-electron chi connectivity index (χ4n) is 3.76. The molecule has 4 rings (SSSR count). The summed E-state index contributed by atoms with van der Waals surface area (Å²) in [5.41, 5.74) is 0.929. The van der Waals surface area contributed by atoms with Crippen LogP contribution in [0.4, 0.5) is 13.2 Å². The molecular formula is C15H16ClF3N4O3. The van der Waals surface area contributed by atoms with Gasteiger partial charge in [-0.15, -0.1) is 13.2 Å². The molecule has 2 aliphatic rings. The van der Waals surface area contributed by atoms with Gasteiger partial charge in [-0.1, -0.05) is 11.6 Å². The average Bonchev–Trinajstić information content (AvgIpc) is 3.16. The van der Waals surface area contributed by atoms with Crippen LogP contribution in [0.1, 0.15) is 26.3 Å². The molecule has 0 spiro atoms. The van der Waals surface area contributed by atoms with Gasteiger partial charge in [0.15, 0.2) is 16.6 Å². The lowest BCUT2D eigenvalue weighted by Crippen LogP contribution is -2.30. The molecule has 2 fully saturated rings. The second-order valence-corrected chi connectivity index (χ2v) is 7.23. The van der Waals surface area contributed by atoms with Crippen molar-refractivity contribution in [3.63, 3.8) is 0 Å². The van der Waals surface area contributed by atoms with E-state index < -0.39 is 36.9 Å². The molecule has 2 aromatic rings. The standard InChI is InChI=1S/C15H16ClF3N4O3/c1-14(2)25-10-7(4-24-15(17,18)19)3-8(11(10)26-14)23-6-22-9-12(16)20-5-21-13(9)23/h5-8,10-11H,3-4H2,1-2H3/t7-,8+,10+,11-/m0/s1. The van der Waals surface area contributed by atoms with Crippen LogP contribution in [0.15, 0.2) is 12.7 Å². The van der Waals surface area contributed by atoms with Crippen molar-refractivity contribution in [1.29, 1.82) is 0 Å². The number of halogens is 4. The molecule has 142 valence electrons. The molecule has 4 atom stereocenters. The predicted molar refractivity (Wildman–Crippen MR) is 83.3 cm³/mol. The van der Waals surface area contributed by atoms with Crippen LogP contribution in [0.25, 0.3) is 11.2 Å². The van der Waals surface area contributed by atoms with Crippen LogP contribution in [0.5, 0.6) is 0 Å². The summed E-state index contributed by atoms with van der Waals surface area (Å²) in [6.07, 6.45) is -2.42. The minimum atomic E-state index is -4.69. The van der Waals surface area contributed by atoms with E-state index in [1.807, 2.05) is 0 Å². The fourth-order valence-corrected chi connectivity index (χ4v) is 3.94. The Bertz CT molecular complexity index is 828. The van der Waals surface area contributed by atoms with E-state index in [0.29, 0.717) is 17.6 Å². The molecule has 0 amide bonds. The van der Waals surface area contributed by atoms with Gasteiger partial charge < -0.3 is 14.0 Å². The maximum Gasteiger partial charge on any atom is 0.522 e. The summed E-state index contributed by atoms with van der Waals surface area (Å²) in [5.74, 6) is -1.38. The lowest BCUT2D eigenvalue weighted by atomic mass is 10.1. The van der Waals surface area contributed by atoms with E-state index in [1.165, 1.54) is 6.33 Å². The largest absolute Gasteiger partial charge is 0.522 e. The van der Waals surface area contributed by atoms with Crippen molar-refractivity contribution < 1.29 is 27.4 Å². The molecule has 3 heterocycles. The number of fused-ring (bicyclic) bond motifs is 2. The van der Waals surface area contributed by atoms with Gasteiger partial charge in [0.05, 0.1) is 25.1 Å². The van der Waals surface area contributed by atoms with E-state index >= 15 is 0 Å². The van der Waals surface area contributed by atoms with Crippen molar-refractivity contribution in [3.05, 3.63) is 17.8 Å². The molecule has 0 radical (unpaired) electrons. The van der Waals surface area contributed by atoms with Gasteiger partial charge in [0, 0.05) is 5.92 Å². The predicted octanol–water partition coefficient (Wildman–Crippen LogP) is 3.10. The molecule has 26 heavy (non-hydrogen) atoms. The number of hydrogen-bond acceptors (Lipinski definition) is 6. The quantitative estimate of drug-likeness (QED) is 0.747. The van der Waals surface area contributed by atoms with Crippen LogP contribution in [0, 0.1) is 5.92 Å². The molecule has 0 aromatic carbocycles. The molecule has 1 saturated carbocycles. The highest BCUT2D eigenvalue weighted by Gasteiger charge is 2.55. The Morgan fingerprint density at radius 2 is 2.00 bits per heavy atom. The van der Waals surface area contributed by atoms with Gasteiger partial charge in [0.1, 0.15) is 17.9 Å². The lowest BCUT2D eigenvalue weighted by molar-refractivity contribution is -0.330. The van der Waals surface area contributed by atoms with Gasteiger partial charge in [-0.05, 0) is 20.3 Å². The Balaban J connectivity index is 1.66. The van der Waals surface area contributed by atoms with E-state index in [0.717, 1.165) is 0 Å². The van der Waals surface area contributed by atoms with Crippen molar-refractivity contribution in [1.82, 2.24) is 19.5 Å². The number of rotatable bonds is 3. The number of hydrogen-bond donors (Lipinski definition) is 0. The van der Waals surface area contributed by atoms with Crippen molar-refractivity contribution >= 4 is 22.8 Å². The molecule has 11 heteroatoms. The summed E-state index contributed by atoms with van der Waals surface area (Å²) in [4.78, 5) is 12.3. The summed E-state index contributed by atoms with van der Waals surface area (Å²) in [6.45, 7) is 2.97. The van der Waals surface area contributed by atoms with Crippen LogP contribution >= 0.6 is 11.6 Å². The second kappa shape index (κ2) is 6.01. The molecule has 0 N–H and O–H groups in total. The number of imidazole rings is 1. The zero-order chi connectivity index (χ0) is 18.7. The molecule has 1 saturated heterocycles. The van der Waals surface area contributed by atoms with Crippen molar-refractivity contribution in [2.75, 3.05) is 6.61 Å². The van der Waals surface area contributed by atoms with Gasteiger partial charge in [-0.2, -0.15) is 0 Å². The van der Waals surface area contributed by atoms with Crippen LogP contribution in [-0.4, -0.2) is 50.5 Å². The van der Waals surface area contributed by atoms with Gasteiger partial charge in [-0.25, -0.2) is 15.0 Å². The summed E-state index contributed by atoms with van der Waals surface area (Å²) in [7, 11) is 0. The van der Waals surface area contributed by atoms with E-state index in [-0.39, 0.29) is 11.2 Å². The first-order chi connectivity index (χ1) is 12.1. The first-order valence-corrected chi connectivity index (χ1v) is 8.42. The van der Waals surface area contributed by atoms with Gasteiger partial charge in [-0.3, -0.25) is 4.74 Å². The van der Waals surface area contributed by atoms with Crippen molar-refractivity contribution in [2.45, 2.75) is 50.7 Å². The molecule has 1 aliphatic carbocycles. The molecule has 0 bridgehead atoms. The third-order valence-corrected chi connectivity index (χ3v) is 4.96. The highest BCUT2D eigenvalue weighted by molar-refractivity contribution is 6.33. The Morgan fingerprint density at radius 1 is 1.27 bits per heavy atom. The summed E-state index contributed by atoms with van der Waals surface area (Å²) in [6, 6.07) is -0.306. The first kappa shape index (κ1) is 17.9. The van der Waals surface area contributed by atoms with Crippen LogP contribution in [0.3, 0.4) is 0 Å². The smallest absolute Gasteiger partial charge is 0.344 e. The summed E-state index contributed by atoms with van der Waals surface area (Å²) in [5, 5.41) is 0.212. The number of nitrogens with zero attached hydrogens (tertiary/aromatic N) is 4. The van der Waals surface area contributed by atoms with Crippen molar-refractivity contribution in [2.24, 2.45) is 5.92 Å². The Kier molecular flexibility index (Phi) is 4.14. The third-order valence-electron chi connectivity index (χ3n) is 4.68. The lowest BCUT2D eigenvalue weighted by Gasteiger charge is -2.24. The molecule has 1 aliphatic heterocycles. The van der Waals surface area contributed by atoms with E-state index in [1.54, 1.807) is 24.7 Å². The Morgan fingerprint density at radius 3 is 2.73 bits per heavy atom. The van der Waals surface area contributed by atoms with E-state index in [9.17, 15) is 13.2 Å². The van der Waals surface area contributed by atoms with Crippen LogP contribution in [-0.2, 0) is 14.2 Å². The number of aromatic nitrogens is 4.